The Hall–Kier alpha value is -2.51. The highest BCUT2D eigenvalue weighted by molar-refractivity contribution is 5.50. The number of nitrogens with zero attached hydrogens (tertiary/aromatic N) is 6. The Kier molecular flexibility index (Phi) is 1.79. The SMILES string of the molecule is Cn1cncc1-c1nc(-c2ncn[nH]2)no1. The molecule has 0 saturated carbocycles. The van der Waals surface area contributed by atoms with E-state index in [1.807, 2.05) is 7.05 Å². The van der Waals surface area contributed by atoms with Crippen molar-refractivity contribution in [1.82, 2.24) is 34.9 Å². The second kappa shape index (κ2) is 3.26. The van der Waals surface area contributed by atoms with E-state index in [0.717, 1.165) is 5.69 Å². The van der Waals surface area contributed by atoms with Crippen LogP contribution in [0.3, 0.4) is 0 Å². The Balaban J connectivity index is 2.03. The number of nitrogens with one attached hydrogen (secondary N) is 1. The van der Waals surface area contributed by atoms with Crippen LogP contribution in [-0.4, -0.2) is 34.9 Å². The molecule has 0 spiro atoms. The molecule has 0 amide bonds. The predicted octanol–water partition coefficient (Wildman–Crippen LogP) is 0.255. The fourth-order valence-electron chi connectivity index (χ4n) is 1.30. The molecule has 0 radical (unpaired) electrons. The summed E-state index contributed by atoms with van der Waals surface area (Å²) in [5, 5.41) is 10.2. The molecule has 3 rings (SSSR count). The van der Waals surface area contributed by atoms with Gasteiger partial charge in [0.2, 0.25) is 5.82 Å². The number of aromatic nitrogens is 7. The van der Waals surface area contributed by atoms with E-state index in [-0.39, 0.29) is 0 Å². The lowest BCUT2D eigenvalue weighted by atomic mass is 10.4. The largest absolute Gasteiger partial charge is 0.332 e. The van der Waals surface area contributed by atoms with Crippen LogP contribution < -0.4 is 0 Å². The van der Waals surface area contributed by atoms with E-state index in [4.69, 9.17) is 4.52 Å². The first kappa shape index (κ1) is 8.77. The molecule has 8 heteroatoms. The summed E-state index contributed by atoms with van der Waals surface area (Å²) in [5.74, 6) is 1.23. The van der Waals surface area contributed by atoms with Gasteiger partial charge in [-0.05, 0) is 0 Å². The number of imidazole rings is 1. The summed E-state index contributed by atoms with van der Waals surface area (Å²) >= 11 is 0. The van der Waals surface area contributed by atoms with E-state index in [2.05, 4.69) is 30.3 Å². The lowest BCUT2D eigenvalue weighted by molar-refractivity contribution is 0.429. The molecule has 0 aliphatic rings. The Morgan fingerprint density at radius 1 is 1.44 bits per heavy atom. The maximum atomic E-state index is 5.10. The molecule has 0 aliphatic heterocycles. The number of hydrogen-bond acceptors (Lipinski definition) is 6. The molecular formula is C8H7N7O. The van der Waals surface area contributed by atoms with Gasteiger partial charge in [0.25, 0.3) is 5.89 Å². The fourth-order valence-corrected chi connectivity index (χ4v) is 1.30. The Bertz CT molecular complexity index is 593. The van der Waals surface area contributed by atoms with Crippen molar-refractivity contribution >= 4 is 0 Å². The van der Waals surface area contributed by atoms with Gasteiger partial charge in [-0.15, -0.1) is 0 Å². The second-order valence-electron chi connectivity index (χ2n) is 3.15. The molecule has 8 nitrogen and oxygen atoms in total. The monoisotopic (exact) mass is 217 g/mol. The van der Waals surface area contributed by atoms with Crippen molar-refractivity contribution in [3.8, 4) is 23.2 Å². The van der Waals surface area contributed by atoms with Gasteiger partial charge in [0, 0.05) is 7.05 Å². The van der Waals surface area contributed by atoms with Crippen molar-refractivity contribution in [3.05, 3.63) is 18.9 Å². The first-order valence-electron chi connectivity index (χ1n) is 4.51. The number of aromatic amines is 1. The summed E-state index contributed by atoms with van der Waals surface area (Å²) < 4.78 is 6.89. The minimum atomic E-state index is 0.369. The average Bonchev–Trinajstić information content (AvgIpc) is 2.96. The molecule has 80 valence electrons. The van der Waals surface area contributed by atoms with Crippen molar-refractivity contribution in [3.63, 3.8) is 0 Å². The van der Waals surface area contributed by atoms with E-state index in [0.29, 0.717) is 17.5 Å². The third kappa shape index (κ3) is 1.28. The minimum absolute atomic E-state index is 0.369. The van der Waals surface area contributed by atoms with Gasteiger partial charge in [-0.3, -0.25) is 5.10 Å². The van der Waals surface area contributed by atoms with Crippen LogP contribution in [0.25, 0.3) is 23.2 Å². The van der Waals surface area contributed by atoms with Crippen LogP contribution in [0.5, 0.6) is 0 Å². The first-order valence-corrected chi connectivity index (χ1v) is 4.51. The van der Waals surface area contributed by atoms with E-state index < -0.39 is 0 Å². The molecule has 3 heterocycles. The molecule has 0 bridgehead atoms. The zero-order valence-electron chi connectivity index (χ0n) is 8.32. The van der Waals surface area contributed by atoms with Crippen LogP contribution in [-0.2, 0) is 7.05 Å². The van der Waals surface area contributed by atoms with Gasteiger partial charge in [0.05, 0.1) is 12.5 Å². The van der Waals surface area contributed by atoms with Gasteiger partial charge in [-0.2, -0.15) is 10.1 Å². The smallest absolute Gasteiger partial charge is 0.276 e. The van der Waals surface area contributed by atoms with E-state index >= 15 is 0 Å². The van der Waals surface area contributed by atoms with Crippen LogP contribution in [0.2, 0.25) is 0 Å². The molecule has 3 aromatic rings. The van der Waals surface area contributed by atoms with Gasteiger partial charge in [0.1, 0.15) is 12.0 Å². The summed E-state index contributed by atoms with van der Waals surface area (Å²) in [6, 6.07) is 0. The molecule has 0 saturated heterocycles. The van der Waals surface area contributed by atoms with Crippen LogP contribution in [0, 0.1) is 0 Å². The molecule has 0 aromatic carbocycles. The summed E-state index contributed by atoms with van der Waals surface area (Å²) in [5.41, 5.74) is 0.748. The minimum Gasteiger partial charge on any atom is -0.332 e. The first-order chi connectivity index (χ1) is 7.84. The topological polar surface area (TPSA) is 98.3 Å². The van der Waals surface area contributed by atoms with Crippen LogP contribution in [0.4, 0.5) is 0 Å². The predicted molar refractivity (Wildman–Crippen MR) is 51.9 cm³/mol. The molecule has 0 fully saturated rings. The van der Waals surface area contributed by atoms with Crippen molar-refractivity contribution < 1.29 is 4.52 Å². The standard InChI is InChI=1S/C8H7N7O/c1-15-4-9-2-5(15)8-12-7(14-16-8)6-10-3-11-13-6/h2-4H,1H3,(H,10,11,13). The number of rotatable bonds is 2. The lowest BCUT2D eigenvalue weighted by Crippen LogP contribution is -1.89. The van der Waals surface area contributed by atoms with Gasteiger partial charge < -0.3 is 9.09 Å². The zero-order valence-corrected chi connectivity index (χ0v) is 8.32. The molecular weight excluding hydrogens is 210 g/mol. The van der Waals surface area contributed by atoms with Gasteiger partial charge in [0.15, 0.2) is 5.82 Å². The number of H-pyrrole nitrogens is 1. The summed E-state index contributed by atoms with van der Waals surface area (Å²) in [4.78, 5) is 12.1. The molecule has 1 N–H and O–H groups in total. The van der Waals surface area contributed by atoms with Gasteiger partial charge >= 0.3 is 0 Å². The Morgan fingerprint density at radius 2 is 2.38 bits per heavy atom. The summed E-state index contributed by atoms with van der Waals surface area (Å²) in [6.45, 7) is 0. The third-order valence-corrected chi connectivity index (χ3v) is 2.09. The highest BCUT2D eigenvalue weighted by Crippen LogP contribution is 2.18. The number of aryl methyl sites for hydroxylation is 1. The second-order valence-corrected chi connectivity index (χ2v) is 3.15. The van der Waals surface area contributed by atoms with Gasteiger partial charge in [-0.25, -0.2) is 9.97 Å². The Labute approximate surface area is 89.4 Å². The molecule has 0 unspecified atom stereocenters. The average molecular weight is 217 g/mol. The quantitative estimate of drug-likeness (QED) is 0.660. The molecule has 0 atom stereocenters. The normalized spacial score (nSPS) is 10.8. The third-order valence-electron chi connectivity index (χ3n) is 2.09. The van der Waals surface area contributed by atoms with Crippen LogP contribution >= 0.6 is 0 Å². The van der Waals surface area contributed by atoms with E-state index in [9.17, 15) is 0 Å². The summed E-state index contributed by atoms with van der Waals surface area (Å²) in [7, 11) is 1.85. The van der Waals surface area contributed by atoms with Crippen molar-refractivity contribution in [2.24, 2.45) is 7.05 Å². The maximum absolute atomic E-state index is 5.10. The van der Waals surface area contributed by atoms with Crippen LogP contribution in [0.1, 0.15) is 0 Å². The van der Waals surface area contributed by atoms with E-state index in [1.165, 1.54) is 6.33 Å². The molecule has 3 aromatic heterocycles. The van der Waals surface area contributed by atoms with Crippen LogP contribution in [0.15, 0.2) is 23.4 Å². The fraction of sp³-hybridized carbons (Fsp3) is 0.125. The van der Waals surface area contributed by atoms with Crippen molar-refractivity contribution in [2.75, 3.05) is 0 Å². The van der Waals surface area contributed by atoms with Crippen molar-refractivity contribution in [1.29, 1.82) is 0 Å². The highest BCUT2D eigenvalue weighted by Gasteiger charge is 2.14. The summed E-state index contributed by atoms with van der Waals surface area (Å²) in [6.07, 6.45) is 4.70. The maximum Gasteiger partial charge on any atom is 0.276 e. The number of hydrogen-bond donors (Lipinski definition) is 1. The molecule has 0 aliphatic carbocycles. The lowest BCUT2D eigenvalue weighted by Gasteiger charge is -1.92. The Morgan fingerprint density at radius 3 is 3.06 bits per heavy atom. The molecule has 16 heavy (non-hydrogen) atoms. The van der Waals surface area contributed by atoms with Gasteiger partial charge in [-0.1, -0.05) is 5.16 Å². The highest BCUT2D eigenvalue weighted by atomic mass is 16.5. The van der Waals surface area contributed by atoms with Crippen molar-refractivity contribution in [2.45, 2.75) is 0 Å². The van der Waals surface area contributed by atoms with E-state index in [1.54, 1.807) is 17.1 Å². The zero-order chi connectivity index (χ0) is 11.0.